The molecule has 3 rings (SSSR count). The Bertz CT molecular complexity index is 939. The lowest BCUT2D eigenvalue weighted by molar-refractivity contribution is -0.119. The van der Waals surface area contributed by atoms with Crippen LogP contribution in [0.25, 0.3) is 0 Å². The van der Waals surface area contributed by atoms with Gasteiger partial charge in [-0.25, -0.2) is 14.0 Å². The molecule has 0 fully saturated rings. The molecule has 29 heavy (non-hydrogen) atoms. The van der Waals surface area contributed by atoms with Gasteiger partial charge in [-0.15, -0.1) is 11.3 Å². The number of nitrogens with one attached hydrogen (secondary N) is 1. The zero-order valence-electron chi connectivity index (χ0n) is 16.2. The van der Waals surface area contributed by atoms with E-state index < -0.39 is 30.3 Å². The second-order valence-electron chi connectivity index (χ2n) is 6.88. The fourth-order valence-electron chi connectivity index (χ4n) is 3.26. The molecule has 1 amide bonds. The molecule has 6 nitrogen and oxygen atoms in total. The third kappa shape index (κ3) is 4.82. The number of benzene rings is 1. The van der Waals surface area contributed by atoms with Crippen molar-refractivity contribution in [2.75, 3.05) is 18.5 Å². The molecular weight excluding hydrogens is 397 g/mol. The molecule has 0 saturated heterocycles. The van der Waals surface area contributed by atoms with Gasteiger partial charge in [-0.2, -0.15) is 0 Å². The van der Waals surface area contributed by atoms with Crippen LogP contribution in [-0.4, -0.2) is 31.1 Å². The molecule has 1 aliphatic carbocycles. The van der Waals surface area contributed by atoms with Crippen LogP contribution in [0.15, 0.2) is 24.3 Å². The van der Waals surface area contributed by atoms with E-state index in [2.05, 4.69) is 12.2 Å². The van der Waals surface area contributed by atoms with Gasteiger partial charge in [0.15, 0.2) is 6.61 Å². The van der Waals surface area contributed by atoms with Gasteiger partial charge < -0.3 is 14.8 Å². The Morgan fingerprint density at radius 3 is 2.69 bits per heavy atom. The van der Waals surface area contributed by atoms with E-state index >= 15 is 0 Å². The lowest BCUT2D eigenvalue weighted by Crippen LogP contribution is -2.22. The second kappa shape index (κ2) is 9.17. The number of amides is 1. The van der Waals surface area contributed by atoms with Crippen molar-refractivity contribution in [2.24, 2.45) is 5.92 Å². The summed E-state index contributed by atoms with van der Waals surface area (Å²) in [6.07, 6.45) is 2.55. The number of carbonyl (C=O) groups excluding carboxylic acids is 3. The smallest absolute Gasteiger partial charge is 0.341 e. The van der Waals surface area contributed by atoms with Gasteiger partial charge >= 0.3 is 11.9 Å². The first-order valence-corrected chi connectivity index (χ1v) is 10.3. The minimum atomic E-state index is -0.928. The predicted octanol–water partition coefficient (Wildman–Crippen LogP) is 3.98. The van der Waals surface area contributed by atoms with Gasteiger partial charge in [0.2, 0.25) is 0 Å². The van der Waals surface area contributed by atoms with Crippen molar-refractivity contribution in [3.05, 3.63) is 51.7 Å². The lowest BCUT2D eigenvalue weighted by Gasteiger charge is -2.18. The number of rotatable bonds is 6. The molecule has 2 aromatic rings. The number of anilines is 1. The quantitative estimate of drug-likeness (QED) is 0.716. The number of hydrogen-bond acceptors (Lipinski definition) is 6. The summed E-state index contributed by atoms with van der Waals surface area (Å²) in [4.78, 5) is 37.8. The van der Waals surface area contributed by atoms with Crippen LogP contribution in [-0.2, 0) is 27.1 Å². The van der Waals surface area contributed by atoms with Gasteiger partial charge in [0, 0.05) is 4.88 Å². The van der Waals surface area contributed by atoms with E-state index in [1.807, 2.05) is 0 Å². The predicted molar refractivity (Wildman–Crippen MR) is 107 cm³/mol. The lowest BCUT2D eigenvalue weighted by atomic mass is 9.88. The van der Waals surface area contributed by atoms with Crippen molar-refractivity contribution >= 4 is 34.2 Å². The summed E-state index contributed by atoms with van der Waals surface area (Å²) >= 11 is 1.35. The third-order valence-electron chi connectivity index (χ3n) is 4.67. The Morgan fingerprint density at radius 2 is 1.97 bits per heavy atom. The highest BCUT2D eigenvalue weighted by molar-refractivity contribution is 7.17. The molecule has 1 aliphatic rings. The standard InChI is InChI=1S/C21H22FNO5S/c1-3-27-21(26)18-14-9-8-12(2)10-16(14)29-19(18)23-17(24)11-28-20(25)13-6-4-5-7-15(13)22/h4-7,12H,3,8-11H2,1-2H3,(H,23,24)/t12-/m1/s1. The third-order valence-corrected chi connectivity index (χ3v) is 5.84. The average Bonchev–Trinajstić information content (AvgIpc) is 3.03. The van der Waals surface area contributed by atoms with Crippen LogP contribution in [0.1, 0.15) is 51.4 Å². The zero-order valence-corrected chi connectivity index (χ0v) is 17.1. The van der Waals surface area contributed by atoms with Crippen LogP contribution in [0.5, 0.6) is 0 Å². The molecule has 0 aliphatic heterocycles. The maximum atomic E-state index is 13.6. The molecule has 0 spiro atoms. The zero-order chi connectivity index (χ0) is 21.0. The summed E-state index contributed by atoms with van der Waals surface area (Å²) in [6, 6.07) is 5.38. The first kappa shape index (κ1) is 21.0. The van der Waals surface area contributed by atoms with Crippen molar-refractivity contribution in [1.29, 1.82) is 0 Å². The van der Waals surface area contributed by atoms with Crippen molar-refractivity contribution in [2.45, 2.75) is 33.1 Å². The van der Waals surface area contributed by atoms with Gasteiger partial charge in [-0.1, -0.05) is 19.1 Å². The summed E-state index contributed by atoms with van der Waals surface area (Å²) in [5.41, 5.74) is 1.06. The van der Waals surface area contributed by atoms with E-state index in [1.165, 1.54) is 29.5 Å². The van der Waals surface area contributed by atoms with E-state index in [0.717, 1.165) is 35.8 Å². The molecule has 0 bridgehead atoms. The van der Waals surface area contributed by atoms with Crippen LogP contribution in [0, 0.1) is 11.7 Å². The van der Waals surface area contributed by atoms with Crippen LogP contribution in [0.3, 0.4) is 0 Å². The van der Waals surface area contributed by atoms with Crippen molar-refractivity contribution in [3.8, 4) is 0 Å². The van der Waals surface area contributed by atoms with Crippen LogP contribution in [0.4, 0.5) is 9.39 Å². The molecule has 1 heterocycles. The molecule has 1 atom stereocenters. The summed E-state index contributed by atoms with van der Waals surface area (Å²) < 4.78 is 23.7. The molecule has 0 unspecified atom stereocenters. The van der Waals surface area contributed by atoms with Gasteiger partial charge in [0.25, 0.3) is 5.91 Å². The molecule has 1 aromatic heterocycles. The maximum Gasteiger partial charge on any atom is 0.341 e. The van der Waals surface area contributed by atoms with Crippen molar-refractivity contribution in [3.63, 3.8) is 0 Å². The molecule has 154 valence electrons. The highest BCUT2D eigenvalue weighted by Crippen LogP contribution is 2.40. The molecule has 1 N–H and O–H groups in total. The van der Waals surface area contributed by atoms with Gasteiger partial charge in [0.1, 0.15) is 10.8 Å². The fourth-order valence-corrected chi connectivity index (χ4v) is 4.67. The number of hydrogen-bond donors (Lipinski definition) is 1. The highest BCUT2D eigenvalue weighted by Gasteiger charge is 2.29. The summed E-state index contributed by atoms with van der Waals surface area (Å²) in [5, 5.41) is 3.05. The first-order chi connectivity index (χ1) is 13.9. The van der Waals surface area contributed by atoms with Crippen LogP contribution < -0.4 is 5.32 Å². The fraction of sp³-hybridized carbons (Fsp3) is 0.381. The summed E-state index contributed by atoms with van der Waals surface area (Å²) in [7, 11) is 0. The van der Waals surface area contributed by atoms with E-state index in [-0.39, 0.29) is 12.2 Å². The Kier molecular flexibility index (Phi) is 6.64. The topological polar surface area (TPSA) is 81.7 Å². The Morgan fingerprint density at radius 1 is 1.21 bits per heavy atom. The Labute approximate surface area is 172 Å². The number of thiophene rings is 1. The molecule has 0 saturated carbocycles. The molecule has 8 heteroatoms. The minimum Gasteiger partial charge on any atom is -0.462 e. The normalized spacial score (nSPS) is 15.3. The van der Waals surface area contributed by atoms with E-state index in [9.17, 15) is 18.8 Å². The Balaban J connectivity index is 1.72. The van der Waals surface area contributed by atoms with Crippen molar-refractivity contribution in [1.82, 2.24) is 0 Å². The minimum absolute atomic E-state index is 0.230. The Hall–Kier alpha value is -2.74. The van der Waals surface area contributed by atoms with Gasteiger partial charge in [0.05, 0.1) is 17.7 Å². The highest BCUT2D eigenvalue weighted by atomic mass is 32.1. The van der Waals surface area contributed by atoms with Crippen LogP contribution >= 0.6 is 11.3 Å². The summed E-state index contributed by atoms with van der Waals surface area (Å²) in [5.74, 6) is -2.22. The van der Waals surface area contributed by atoms with E-state index in [1.54, 1.807) is 6.92 Å². The second-order valence-corrected chi connectivity index (χ2v) is 7.99. The number of ether oxygens (including phenoxy) is 2. The monoisotopic (exact) mass is 419 g/mol. The molecular formula is C21H22FNO5S. The number of carbonyl (C=O) groups is 3. The van der Waals surface area contributed by atoms with Crippen LogP contribution in [0.2, 0.25) is 0 Å². The van der Waals surface area contributed by atoms with Crippen molar-refractivity contribution < 1.29 is 28.2 Å². The first-order valence-electron chi connectivity index (χ1n) is 9.43. The number of halogens is 1. The summed E-state index contributed by atoms with van der Waals surface area (Å²) in [6.45, 7) is 3.51. The largest absolute Gasteiger partial charge is 0.462 e. The van der Waals surface area contributed by atoms with Gasteiger partial charge in [-0.05, 0) is 49.8 Å². The molecule has 1 aromatic carbocycles. The van der Waals surface area contributed by atoms with E-state index in [0.29, 0.717) is 16.5 Å². The van der Waals surface area contributed by atoms with Gasteiger partial charge in [-0.3, -0.25) is 4.79 Å². The van der Waals surface area contributed by atoms with E-state index in [4.69, 9.17) is 9.47 Å². The number of fused-ring (bicyclic) bond motifs is 1. The maximum absolute atomic E-state index is 13.6. The average molecular weight is 419 g/mol. The molecule has 0 radical (unpaired) electrons. The number of esters is 2. The SMILES string of the molecule is CCOC(=O)c1c(NC(=O)COC(=O)c2ccccc2F)sc2c1CC[C@@H](C)C2.